The van der Waals surface area contributed by atoms with Crippen molar-refractivity contribution in [1.29, 1.82) is 0 Å². The highest BCUT2D eigenvalue weighted by atomic mass is 35.5. The Morgan fingerprint density at radius 3 is 2.62 bits per heavy atom. The van der Waals surface area contributed by atoms with Crippen molar-refractivity contribution in [3.63, 3.8) is 0 Å². The second kappa shape index (κ2) is 9.82. The van der Waals surface area contributed by atoms with Gasteiger partial charge < -0.3 is 15.1 Å². The van der Waals surface area contributed by atoms with Gasteiger partial charge >= 0.3 is 0 Å². The fraction of sp³-hybridized carbons (Fsp3) is 0.300. The van der Waals surface area contributed by atoms with Crippen LogP contribution in [-0.2, 0) is 9.59 Å². The molecule has 0 spiro atoms. The van der Waals surface area contributed by atoms with E-state index in [4.69, 9.17) is 16.0 Å². The number of hydrogen-bond acceptors (Lipinski definition) is 3. The molecule has 1 atom stereocenters. The summed E-state index contributed by atoms with van der Waals surface area (Å²) in [4.78, 5) is 24.0. The molecule has 1 unspecified atom stereocenters. The number of benzene rings is 1. The zero-order valence-corrected chi connectivity index (χ0v) is 15.6. The zero-order valence-electron chi connectivity index (χ0n) is 14.9. The van der Waals surface area contributed by atoms with Crippen LogP contribution in [0.5, 0.6) is 0 Å². The molecule has 2 aromatic rings. The molecule has 0 aliphatic carbocycles. The minimum absolute atomic E-state index is 0.140. The molecule has 0 fully saturated rings. The van der Waals surface area contributed by atoms with Crippen molar-refractivity contribution < 1.29 is 14.0 Å². The fourth-order valence-corrected chi connectivity index (χ4v) is 2.73. The van der Waals surface area contributed by atoms with Gasteiger partial charge in [-0.15, -0.1) is 0 Å². The van der Waals surface area contributed by atoms with Crippen LogP contribution in [0.25, 0.3) is 6.08 Å². The Balaban J connectivity index is 1.81. The summed E-state index contributed by atoms with van der Waals surface area (Å²) in [6.45, 7) is 4.30. The van der Waals surface area contributed by atoms with Crippen LogP contribution in [0, 0.1) is 5.92 Å². The maximum Gasteiger partial charge on any atom is 0.244 e. The topological polar surface area (TPSA) is 71.3 Å². The molecule has 138 valence electrons. The van der Waals surface area contributed by atoms with E-state index in [1.165, 1.54) is 12.3 Å². The monoisotopic (exact) mass is 374 g/mol. The van der Waals surface area contributed by atoms with Gasteiger partial charge in [0.25, 0.3) is 0 Å². The molecule has 6 heteroatoms. The highest BCUT2D eigenvalue weighted by Crippen LogP contribution is 2.28. The van der Waals surface area contributed by atoms with Gasteiger partial charge in [-0.3, -0.25) is 9.59 Å². The van der Waals surface area contributed by atoms with Crippen LogP contribution in [0.3, 0.4) is 0 Å². The third kappa shape index (κ3) is 6.08. The summed E-state index contributed by atoms with van der Waals surface area (Å²) >= 11 is 6.25. The Bertz CT molecular complexity index is 754. The summed E-state index contributed by atoms with van der Waals surface area (Å²) in [6.07, 6.45) is 4.67. The normalized spacial score (nSPS) is 12.3. The Labute approximate surface area is 158 Å². The number of hydrogen-bond donors (Lipinski definition) is 2. The molecule has 0 bridgehead atoms. The predicted molar refractivity (Wildman–Crippen MR) is 103 cm³/mol. The lowest BCUT2D eigenvalue weighted by atomic mass is 9.96. The Morgan fingerprint density at radius 2 is 1.96 bits per heavy atom. The smallest absolute Gasteiger partial charge is 0.244 e. The van der Waals surface area contributed by atoms with Gasteiger partial charge in [-0.25, -0.2) is 0 Å². The molecule has 0 saturated carbocycles. The molecule has 1 aromatic carbocycles. The van der Waals surface area contributed by atoms with Gasteiger partial charge in [0.2, 0.25) is 11.8 Å². The van der Waals surface area contributed by atoms with E-state index in [0.717, 1.165) is 5.56 Å². The van der Waals surface area contributed by atoms with Gasteiger partial charge in [0.1, 0.15) is 5.76 Å². The van der Waals surface area contributed by atoms with E-state index in [1.807, 2.05) is 38.1 Å². The van der Waals surface area contributed by atoms with Crippen molar-refractivity contribution in [2.75, 3.05) is 6.54 Å². The van der Waals surface area contributed by atoms with Crippen LogP contribution in [0.4, 0.5) is 0 Å². The zero-order chi connectivity index (χ0) is 18.9. The lowest BCUT2D eigenvalue weighted by Crippen LogP contribution is -2.34. The molecule has 0 radical (unpaired) electrons. The summed E-state index contributed by atoms with van der Waals surface area (Å²) in [5, 5.41) is 6.30. The Kier molecular flexibility index (Phi) is 7.48. The van der Waals surface area contributed by atoms with Gasteiger partial charge in [0.05, 0.1) is 12.3 Å². The number of nitrogens with one attached hydrogen (secondary N) is 2. The molecule has 0 aliphatic heterocycles. The van der Waals surface area contributed by atoms with E-state index < -0.39 is 0 Å². The number of carbonyl (C=O) groups is 2. The quantitative estimate of drug-likeness (QED) is 0.687. The average Bonchev–Trinajstić information content (AvgIpc) is 3.12. The molecule has 26 heavy (non-hydrogen) atoms. The third-order valence-corrected chi connectivity index (χ3v) is 4.16. The maximum absolute atomic E-state index is 12.2. The molecular weight excluding hydrogens is 352 g/mol. The lowest BCUT2D eigenvalue weighted by molar-refractivity contribution is -0.122. The highest BCUT2D eigenvalue weighted by Gasteiger charge is 2.20. The maximum atomic E-state index is 12.2. The molecule has 0 saturated heterocycles. The van der Waals surface area contributed by atoms with Crippen molar-refractivity contribution in [3.05, 3.63) is 65.1 Å². The lowest BCUT2D eigenvalue weighted by Gasteiger charge is -2.24. The van der Waals surface area contributed by atoms with E-state index >= 15 is 0 Å². The standard InChI is InChI=1S/C20H23ClN2O3/c1-14(2)20(16-7-3-4-8-17(16)21)23-19(25)11-12-22-18(24)10-9-15-6-5-13-26-15/h3-10,13-14,20H,11-12H2,1-2H3,(H,22,24)(H,23,25)/b10-9+. The minimum atomic E-state index is -0.277. The summed E-state index contributed by atoms with van der Waals surface area (Å²) < 4.78 is 5.10. The first-order valence-electron chi connectivity index (χ1n) is 8.50. The highest BCUT2D eigenvalue weighted by molar-refractivity contribution is 6.31. The Morgan fingerprint density at radius 1 is 1.19 bits per heavy atom. The molecule has 2 N–H and O–H groups in total. The van der Waals surface area contributed by atoms with Gasteiger partial charge in [0.15, 0.2) is 0 Å². The van der Waals surface area contributed by atoms with Crippen LogP contribution >= 0.6 is 11.6 Å². The summed E-state index contributed by atoms with van der Waals surface area (Å²) in [5.41, 5.74) is 0.892. The van der Waals surface area contributed by atoms with Crippen LogP contribution in [0.2, 0.25) is 5.02 Å². The van der Waals surface area contributed by atoms with E-state index in [2.05, 4.69) is 10.6 Å². The second-order valence-corrected chi connectivity index (χ2v) is 6.61. The van der Waals surface area contributed by atoms with Crippen molar-refractivity contribution in [1.82, 2.24) is 10.6 Å². The van der Waals surface area contributed by atoms with Gasteiger partial charge in [0, 0.05) is 24.1 Å². The van der Waals surface area contributed by atoms with Crippen molar-refractivity contribution >= 4 is 29.5 Å². The van der Waals surface area contributed by atoms with E-state index in [9.17, 15) is 9.59 Å². The molecule has 0 aliphatic rings. The van der Waals surface area contributed by atoms with Crippen molar-refractivity contribution in [2.45, 2.75) is 26.3 Å². The predicted octanol–water partition coefficient (Wildman–Crippen LogP) is 3.97. The Hall–Kier alpha value is -2.53. The molecule has 5 nitrogen and oxygen atoms in total. The largest absolute Gasteiger partial charge is 0.465 e. The van der Waals surface area contributed by atoms with E-state index in [0.29, 0.717) is 10.8 Å². The number of rotatable bonds is 8. The summed E-state index contributed by atoms with van der Waals surface area (Å²) in [7, 11) is 0. The molecule has 2 amide bonds. The van der Waals surface area contributed by atoms with Crippen molar-refractivity contribution in [3.8, 4) is 0 Å². The number of halogens is 1. The van der Waals surface area contributed by atoms with E-state index in [1.54, 1.807) is 18.2 Å². The van der Waals surface area contributed by atoms with Crippen molar-refractivity contribution in [2.24, 2.45) is 5.92 Å². The molecule has 2 rings (SSSR count). The molecule has 1 aromatic heterocycles. The number of furan rings is 1. The first-order valence-corrected chi connectivity index (χ1v) is 8.88. The van der Waals surface area contributed by atoms with Crippen LogP contribution in [0.1, 0.15) is 37.6 Å². The summed E-state index contributed by atoms with van der Waals surface area (Å²) in [6, 6.07) is 10.8. The van der Waals surface area contributed by atoms with Crippen LogP contribution in [-0.4, -0.2) is 18.4 Å². The van der Waals surface area contributed by atoms with Crippen LogP contribution < -0.4 is 10.6 Å². The fourth-order valence-electron chi connectivity index (χ4n) is 2.48. The molecule has 1 heterocycles. The van der Waals surface area contributed by atoms with Gasteiger partial charge in [-0.2, -0.15) is 0 Å². The second-order valence-electron chi connectivity index (χ2n) is 6.20. The first kappa shape index (κ1) is 19.8. The van der Waals surface area contributed by atoms with Gasteiger partial charge in [-0.1, -0.05) is 43.6 Å². The summed E-state index contributed by atoms with van der Waals surface area (Å²) in [5.74, 6) is 0.363. The van der Waals surface area contributed by atoms with E-state index in [-0.39, 0.29) is 36.7 Å². The molecular formula is C20H23ClN2O3. The van der Waals surface area contributed by atoms with Crippen LogP contribution in [0.15, 0.2) is 53.2 Å². The SMILES string of the molecule is CC(C)C(NC(=O)CCNC(=O)/C=C/c1ccco1)c1ccccc1Cl. The average molecular weight is 375 g/mol. The number of carbonyl (C=O) groups excluding carboxylic acids is 2. The third-order valence-electron chi connectivity index (χ3n) is 3.82. The number of amides is 2. The minimum Gasteiger partial charge on any atom is -0.465 e. The first-order chi connectivity index (χ1) is 12.5. The van der Waals surface area contributed by atoms with Gasteiger partial charge in [-0.05, 0) is 35.8 Å².